The first-order valence-corrected chi connectivity index (χ1v) is 10.6. The Kier molecular flexibility index (Phi) is 7.87. The van der Waals surface area contributed by atoms with Gasteiger partial charge < -0.3 is 19.3 Å². The zero-order valence-electron chi connectivity index (χ0n) is 18.1. The number of methoxy groups -OCH3 is 1. The monoisotopic (exact) mass is 428 g/mol. The summed E-state index contributed by atoms with van der Waals surface area (Å²) in [6.45, 7) is 4.42. The maximum absolute atomic E-state index is 14.0. The van der Waals surface area contributed by atoms with Crippen LogP contribution in [-0.2, 0) is 11.2 Å². The molecule has 6 nitrogen and oxygen atoms in total. The standard InChI is InChI=1S/C24H29FN2O4/c1-3-31-21-11-9-18(17-22(21)30-2)10-12-23(28)26-13-6-14-27(16-15-26)24(29)19-7-4-5-8-20(19)25/h4-5,7-9,11,17H,3,6,10,12-16H2,1-2H3. The van der Waals surface area contributed by atoms with Crippen LogP contribution >= 0.6 is 0 Å². The van der Waals surface area contributed by atoms with Gasteiger partial charge in [-0.2, -0.15) is 0 Å². The first-order valence-electron chi connectivity index (χ1n) is 10.6. The van der Waals surface area contributed by atoms with E-state index >= 15 is 0 Å². The van der Waals surface area contributed by atoms with Gasteiger partial charge in [0.1, 0.15) is 5.82 Å². The van der Waals surface area contributed by atoms with E-state index in [1.807, 2.05) is 25.1 Å². The van der Waals surface area contributed by atoms with Crippen LogP contribution in [0.2, 0.25) is 0 Å². The highest BCUT2D eigenvalue weighted by atomic mass is 19.1. The molecule has 0 radical (unpaired) electrons. The Hall–Kier alpha value is -3.09. The predicted octanol–water partition coefficient (Wildman–Crippen LogP) is 3.54. The van der Waals surface area contributed by atoms with Gasteiger partial charge in [-0.1, -0.05) is 18.2 Å². The Labute approximate surface area is 182 Å². The van der Waals surface area contributed by atoms with E-state index in [0.717, 1.165) is 5.56 Å². The molecule has 0 unspecified atom stereocenters. The second-order valence-electron chi connectivity index (χ2n) is 7.42. The van der Waals surface area contributed by atoms with Crippen molar-refractivity contribution in [2.75, 3.05) is 39.9 Å². The third-order valence-electron chi connectivity index (χ3n) is 5.40. The molecule has 2 aromatic rings. The van der Waals surface area contributed by atoms with E-state index in [0.29, 0.717) is 63.5 Å². The summed E-state index contributed by atoms with van der Waals surface area (Å²) in [4.78, 5) is 28.8. The summed E-state index contributed by atoms with van der Waals surface area (Å²) in [6, 6.07) is 11.7. The molecule has 1 heterocycles. The minimum absolute atomic E-state index is 0.0491. The SMILES string of the molecule is CCOc1ccc(CCC(=O)N2CCCN(C(=O)c3ccccc3F)CC2)cc1OC. The molecule has 1 fully saturated rings. The summed E-state index contributed by atoms with van der Waals surface area (Å²) in [5.41, 5.74) is 1.08. The van der Waals surface area contributed by atoms with E-state index < -0.39 is 5.82 Å². The number of rotatable bonds is 7. The Morgan fingerprint density at radius 2 is 1.74 bits per heavy atom. The van der Waals surface area contributed by atoms with Crippen molar-refractivity contribution in [2.24, 2.45) is 0 Å². The van der Waals surface area contributed by atoms with Crippen LogP contribution in [0.15, 0.2) is 42.5 Å². The van der Waals surface area contributed by atoms with Gasteiger partial charge in [0.05, 0.1) is 19.3 Å². The van der Waals surface area contributed by atoms with Gasteiger partial charge in [0.15, 0.2) is 11.5 Å². The fourth-order valence-corrected chi connectivity index (χ4v) is 3.73. The molecule has 2 amide bonds. The van der Waals surface area contributed by atoms with Gasteiger partial charge >= 0.3 is 0 Å². The number of aryl methyl sites for hydroxylation is 1. The molecule has 0 bridgehead atoms. The van der Waals surface area contributed by atoms with Crippen LogP contribution in [0.25, 0.3) is 0 Å². The van der Waals surface area contributed by atoms with Crippen LogP contribution < -0.4 is 9.47 Å². The summed E-state index contributed by atoms with van der Waals surface area (Å²) >= 11 is 0. The van der Waals surface area contributed by atoms with Crippen molar-refractivity contribution in [3.8, 4) is 11.5 Å². The van der Waals surface area contributed by atoms with Crippen LogP contribution in [0.1, 0.15) is 35.7 Å². The van der Waals surface area contributed by atoms with Crippen molar-refractivity contribution in [2.45, 2.75) is 26.2 Å². The molecule has 0 atom stereocenters. The molecule has 0 spiro atoms. The topological polar surface area (TPSA) is 59.1 Å². The van der Waals surface area contributed by atoms with E-state index in [-0.39, 0.29) is 17.4 Å². The fraction of sp³-hybridized carbons (Fsp3) is 0.417. The van der Waals surface area contributed by atoms with Gasteiger partial charge in [0, 0.05) is 32.6 Å². The summed E-state index contributed by atoms with van der Waals surface area (Å²) in [7, 11) is 1.60. The fourth-order valence-electron chi connectivity index (χ4n) is 3.73. The Morgan fingerprint density at radius 3 is 2.48 bits per heavy atom. The molecule has 7 heteroatoms. The summed E-state index contributed by atoms with van der Waals surface area (Å²) in [5.74, 6) is 0.550. The third kappa shape index (κ3) is 5.75. The van der Waals surface area contributed by atoms with Gasteiger partial charge in [0.25, 0.3) is 5.91 Å². The number of benzene rings is 2. The highest BCUT2D eigenvalue weighted by Gasteiger charge is 2.24. The lowest BCUT2D eigenvalue weighted by Gasteiger charge is -2.22. The number of carbonyl (C=O) groups is 2. The van der Waals surface area contributed by atoms with Gasteiger partial charge in [-0.25, -0.2) is 4.39 Å². The smallest absolute Gasteiger partial charge is 0.256 e. The Bertz CT molecular complexity index is 918. The van der Waals surface area contributed by atoms with Crippen molar-refractivity contribution in [1.29, 1.82) is 0 Å². The maximum atomic E-state index is 14.0. The third-order valence-corrected chi connectivity index (χ3v) is 5.40. The van der Waals surface area contributed by atoms with Crippen molar-refractivity contribution in [3.63, 3.8) is 0 Å². The van der Waals surface area contributed by atoms with Crippen LogP contribution in [0.5, 0.6) is 11.5 Å². The number of nitrogens with zero attached hydrogens (tertiary/aromatic N) is 2. The molecule has 0 N–H and O–H groups in total. The lowest BCUT2D eigenvalue weighted by molar-refractivity contribution is -0.131. The number of carbonyl (C=O) groups excluding carboxylic acids is 2. The number of hydrogen-bond donors (Lipinski definition) is 0. The van der Waals surface area contributed by atoms with Crippen LogP contribution in [0, 0.1) is 5.82 Å². The Morgan fingerprint density at radius 1 is 1.00 bits per heavy atom. The normalized spacial score (nSPS) is 14.2. The van der Waals surface area contributed by atoms with Crippen LogP contribution in [0.3, 0.4) is 0 Å². The zero-order chi connectivity index (χ0) is 22.2. The zero-order valence-corrected chi connectivity index (χ0v) is 18.1. The largest absolute Gasteiger partial charge is 0.493 e. The predicted molar refractivity (Wildman–Crippen MR) is 116 cm³/mol. The summed E-state index contributed by atoms with van der Waals surface area (Å²) in [5, 5.41) is 0. The highest BCUT2D eigenvalue weighted by molar-refractivity contribution is 5.94. The quantitative estimate of drug-likeness (QED) is 0.677. The lowest BCUT2D eigenvalue weighted by atomic mass is 10.1. The minimum atomic E-state index is -0.518. The first-order chi connectivity index (χ1) is 15.0. The average molecular weight is 429 g/mol. The highest BCUT2D eigenvalue weighted by Crippen LogP contribution is 2.28. The van der Waals surface area contributed by atoms with Gasteiger partial charge in [-0.15, -0.1) is 0 Å². The Balaban J connectivity index is 1.55. The van der Waals surface area contributed by atoms with E-state index in [4.69, 9.17) is 9.47 Å². The molecule has 3 rings (SSSR count). The number of amides is 2. The number of halogens is 1. The maximum Gasteiger partial charge on any atom is 0.256 e. The molecule has 31 heavy (non-hydrogen) atoms. The van der Waals surface area contributed by atoms with E-state index in [1.54, 1.807) is 29.0 Å². The summed E-state index contributed by atoms with van der Waals surface area (Å²) in [6.07, 6.45) is 1.64. The van der Waals surface area contributed by atoms with Crippen LogP contribution in [-0.4, -0.2) is 61.5 Å². The second kappa shape index (κ2) is 10.8. The molecule has 1 saturated heterocycles. The van der Waals surface area contributed by atoms with Gasteiger partial charge in [0.2, 0.25) is 5.91 Å². The van der Waals surface area contributed by atoms with E-state index in [1.165, 1.54) is 12.1 Å². The van der Waals surface area contributed by atoms with Crippen molar-refractivity contribution in [1.82, 2.24) is 9.80 Å². The first kappa shape index (κ1) is 22.6. The lowest BCUT2D eigenvalue weighted by Crippen LogP contribution is -2.37. The minimum Gasteiger partial charge on any atom is -0.493 e. The molecule has 1 aliphatic heterocycles. The van der Waals surface area contributed by atoms with Gasteiger partial charge in [-0.3, -0.25) is 9.59 Å². The van der Waals surface area contributed by atoms with Gasteiger partial charge in [-0.05, 0) is 49.6 Å². The molecule has 0 saturated carbocycles. The van der Waals surface area contributed by atoms with Crippen molar-refractivity contribution >= 4 is 11.8 Å². The second-order valence-corrected chi connectivity index (χ2v) is 7.42. The molecule has 2 aromatic carbocycles. The number of ether oxygens (including phenoxy) is 2. The molecule has 0 aliphatic carbocycles. The molecule has 0 aromatic heterocycles. The van der Waals surface area contributed by atoms with Crippen LogP contribution in [0.4, 0.5) is 4.39 Å². The number of hydrogen-bond acceptors (Lipinski definition) is 4. The summed E-state index contributed by atoms with van der Waals surface area (Å²) < 4.78 is 24.9. The molecular weight excluding hydrogens is 399 g/mol. The molecule has 1 aliphatic rings. The molecular formula is C24H29FN2O4. The van der Waals surface area contributed by atoms with E-state index in [9.17, 15) is 14.0 Å². The van der Waals surface area contributed by atoms with Crippen molar-refractivity contribution < 1.29 is 23.5 Å². The van der Waals surface area contributed by atoms with E-state index in [2.05, 4.69) is 0 Å². The average Bonchev–Trinajstić information content (AvgIpc) is 3.04. The van der Waals surface area contributed by atoms with Crippen molar-refractivity contribution in [3.05, 3.63) is 59.4 Å². The molecule has 166 valence electrons.